The topological polar surface area (TPSA) is 56.0 Å². The fourth-order valence-electron chi connectivity index (χ4n) is 2.82. The van der Waals surface area contributed by atoms with Gasteiger partial charge >= 0.3 is 0 Å². The molecule has 2 aromatic heterocycles. The van der Waals surface area contributed by atoms with Crippen molar-refractivity contribution in [2.75, 3.05) is 13.2 Å². The first-order valence-electron chi connectivity index (χ1n) is 7.29. The minimum absolute atomic E-state index is 0.547. The van der Waals surface area contributed by atoms with Gasteiger partial charge in [-0.3, -0.25) is 0 Å². The predicted molar refractivity (Wildman–Crippen MR) is 82.3 cm³/mol. The maximum atomic E-state index is 10.2. The molecule has 5 nitrogen and oxygen atoms in total. The smallest absolute Gasteiger partial charge is 0.162 e. The van der Waals surface area contributed by atoms with E-state index in [0.717, 1.165) is 34.1 Å². The second kappa shape index (κ2) is 5.03. The summed E-state index contributed by atoms with van der Waals surface area (Å²) in [6.45, 7) is 2.86. The molecular weight excluding hydrogens is 280 g/mol. The van der Waals surface area contributed by atoms with Crippen molar-refractivity contribution >= 4 is 5.65 Å². The van der Waals surface area contributed by atoms with Crippen LogP contribution in [0, 0.1) is 0 Å². The molecule has 0 saturated heterocycles. The summed E-state index contributed by atoms with van der Waals surface area (Å²) >= 11 is 0. The maximum Gasteiger partial charge on any atom is 0.162 e. The lowest BCUT2D eigenvalue weighted by molar-refractivity contribution is 0.171. The van der Waals surface area contributed by atoms with Crippen molar-refractivity contribution < 1.29 is 14.6 Å². The number of rotatable bonds is 2. The highest BCUT2D eigenvalue weighted by atomic mass is 16.6. The minimum atomic E-state index is -0.624. The van der Waals surface area contributed by atoms with Crippen molar-refractivity contribution in [3.8, 4) is 22.8 Å². The van der Waals surface area contributed by atoms with Crippen LogP contribution in [-0.2, 0) is 0 Å². The van der Waals surface area contributed by atoms with Crippen LogP contribution in [0.4, 0.5) is 0 Å². The number of nitrogens with zero attached hydrogens (tertiary/aromatic N) is 2. The molecule has 1 unspecified atom stereocenters. The number of hydrogen-bond acceptors (Lipinski definition) is 4. The third-order valence-electron chi connectivity index (χ3n) is 3.78. The second-order valence-electron chi connectivity index (χ2n) is 5.31. The van der Waals surface area contributed by atoms with Crippen LogP contribution in [-0.4, -0.2) is 27.7 Å². The van der Waals surface area contributed by atoms with E-state index in [-0.39, 0.29) is 0 Å². The third-order valence-corrected chi connectivity index (χ3v) is 3.78. The van der Waals surface area contributed by atoms with Crippen LogP contribution in [0.3, 0.4) is 0 Å². The van der Waals surface area contributed by atoms with Crippen molar-refractivity contribution in [1.29, 1.82) is 0 Å². The van der Waals surface area contributed by atoms with Gasteiger partial charge in [-0.1, -0.05) is 6.07 Å². The van der Waals surface area contributed by atoms with E-state index in [1.165, 1.54) is 0 Å². The Morgan fingerprint density at radius 2 is 1.95 bits per heavy atom. The van der Waals surface area contributed by atoms with Crippen molar-refractivity contribution in [3.05, 3.63) is 48.3 Å². The quantitative estimate of drug-likeness (QED) is 0.790. The van der Waals surface area contributed by atoms with Gasteiger partial charge in [0.25, 0.3) is 0 Å². The van der Waals surface area contributed by atoms with Gasteiger partial charge in [-0.15, -0.1) is 0 Å². The van der Waals surface area contributed by atoms with E-state index < -0.39 is 6.10 Å². The lowest BCUT2D eigenvalue weighted by Gasteiger charge is -2.19. The zero-order chi connectivity index (χ0) is 15.1. The van der Waals surface area contributed by atoms with Crippen LogP contribution in [0.5, 0.6) is 11.5 Å². The molecule has 3 aromatic rings. The molecule has 1 aliphatic heterocycles. The molecule has 1 N–H and O–H groups in total. The number of aliphatic hydroxyl groups is 1. The molecular formula is C17H16N2O3. The summed E-state index contributed by atoms with van der Waals surface area (Å²) in [5.74, 6) is 1.47. The molecule has 0 bridgehead atoms. The summed E-state index contributed by atoms with van der Waals surface area (Å²) < 4.78 is 13.1. The molecule has 4 rings (SSSR count). The van der Waals surface area contributed by atoms with Gasteiger partial charge in [0.1, 0.15) is 18.9 Å². The molecule has 22 heavy (non-hydrogen) atoms. The Morgan fingerprint density at radius 1 is 1.14 bits per heavy atom. The number of imidazole rings is 1. The van der Waals surface area contributed by atoms with Crippen LogP contribution >= 0.6 is 0 Å². The second-order valence-corrected chi connectivity index (χ2v) is 5.31. The van der Waals surface area contributed by atoms with E-state index in [1.54, 1.807) is 6.92 Å². The largest absolute Gasteiger partial charge is 0.486 e. The monoisotopic (exact) mass is 296 g/mol. The van der Waals surface area contributed by atoms with Crippen LogP contribution in [0.15, 0.2) is 42.6 Å². The van der Waals surface area contributed by atoms with E-state index >= 15 is 0 Å². The fraction of sp³-hybridized carbons (Fsp3) is 0.235. The number of ether oxygens (including phenoxy) is 2. The third kappa shape index (κ3) is 2.02. The fourth-order valence-corrected chi connectivity index (χ4v) is 2.82. The van der Waals surface area contributed by atoms with Gasteiger partial charge in [-0.2, -0.15) is 0 Å². The van der Waals surface area contributed by atoms with Gasteiger partial charge in [0, 0.05) is 11.8 Å². The molecule has 5 heteroatoms. The van der Waals surface area contributed by atoms with E-state index in [0.29, 0.717) is 13.2 Å². The molecule has 0 amide bonds. The number of pyridine rings is 1. The average molecular weight is 296 g/mol. The Kier molecular flexibility index (Phi) is 3.01. The number of aliphatic hydroxyl groups excluding tert-OH is 1. The molecule has 1 atom stereocenters. The molecule has 0 fully saturated rings. The SMILES string of the molecule is CC(O)c1c(-c2ccc3c(c2)OCCO3)nc2ccccn12. The summed E-state index contributed by atoms with van der Waals surface area (Å²) in [6.07, 6.45) is 1.28. The van der Waals surface area contributed by atoms with Crippen LogP contribution in [0.25, 0.3) is 16.9 Å². The van der Waals surface area contributed by atoms with E-state index in [4.69, 9.17) is 9.47 Å². The number of fused-ring (bicyclic) bond motifs is 2. The minimum Gasteiger partial charge on any atom is -0.486 e. The van der Waals surface area contributed by atoms with E-state index in [2.05, 4.69) is 4.98 Å². The molecule has 112 valence electrons. The lowest BCUT2D eigenvalue weighted by atomic mass is 10.1. The van der Waals surface area contributed by atoms with Crippen molar-refractivity contribution in [2.45, 2.75) is 13.0 Å². The zero-order valence-electron chi connectivity index (χ0n) is 12.2. The highest BCUT2D eigenvalue weighted by molar-refractivity contribution is 5.70. The van der Waals surface area contributed by atoms with E-state index in [9.17, 15) is 5.11 Å². The Balaban J connectivity index is 1.92. The molecule has 0 spiro atoms. The van der Waals surface area contributed by atoms with E-state index in [1.807, 2.05) is 47.0 Å². The number of aromatic nitrogens is 2. The summed E-state index contributed by atoms with van der Waals surface area (Å²) in [7, 11) is 0. The van der Waals surface area contributed by atoms with Crippen molar-refractivity contribution in [3.63, 3.8) is 0 Å². The van der Waals surface area contributed by atoms with Gasteiger partial charge in [-0.25, -0.2) is 4.98 Å². The molecule has 1 aliphatic rings. The Bertz CT molecular complexity index is 839. The van der Waals surface area contributed by atoms with Crippen molar-refractivity contribution in [1.82, 2.24) is 9.38 Å². The molecule has 0 aliphatic carbocycles. The normalized spacial score (nSPS) is 15.0. The standard InChI is InChI=1S/C17H16N2O3/c1-11(20)17-16(18-15-4-2-3-7-19(15)17)12-5-6-13-14(10-12)22-9-8-21-13/h2-7,10-11,20H,8-9H2,1H3. The Morgan fingerprint density at radius 3 is 2.77 bits per heavy atom. The zero-order valence-corrected chi connectivity index (χ0v) is 12.2. The number of hydrogen-bond donors (Lipinski definition) is 1. The first-order chi connectivity index (χ1) is 10.7. The Hall–Kier alpha value is -2.53. The van der Waals surface area contributed by atoms with Crippen LogP contribution in [0.1, 0.15) is 18.7 Å². The van der Waals surface area contributed by atoms with Crippen molar-refractivity contribution in [2.24, 2.45) is 0 Å². The van der Waals surface area contributed by atoms with Crippen LogP contribution in [0.2, 0.25) is 0 Å². The number of benzene rings is 1. The summed E-state index contributed by atoms with van der Waals surface area (Å²) in [6, 6.07) is 11.5. The first-order valence-corrected chi connectivity index (χ1v) is 7.29. The van der Waals surface area contributed by atoms with Gasteiger partial charge in [0.2, 0.25) is 0 Å². The predicted octanol–water partition coefficient (Wildman–Crippen LogP) is 2.83. The summed E-state index contributed by atoms with van der Waals surface area (Å²) in [5, 5.41) is 10.2. The summed E-state index contributed by atoms with van der Waals surface area (Å²) in [4.78, 5) is 4.66. The molecule has 3 heterocycles. The van der Waals surface area contributed by atoms with Gasteiger partial charge in [0.15, 0.2) is 11.5 Å². The average Bonchev–Trinajstić information content (AvgIpc) is 2.94. The molecule has 0 saturated carbocycles. The van der Waals surface area contributed by atoms with Crippen LogP contribution < -0.4 is 9.47 Å². The maximum absolute atomic E-state index is 10.2. The van der Waals surface area contributed by atoms with Gasteiger partial charge in [0.05, 0.1) is 17.5 Å². The van der Waals surface area contributed by atoms with Gasteiger partial charge in [-0.05, 0) is 37.3 Å². The highest BCUT2D eigenvalue weighted by Crippen LogP contribution is 2.36. The van der Waals surface area contributed by atoms with Gasteiger partial charge < -0.3 is 19.0 Å². The Labute approximate surface area is 127 Å². The first kappa shape index (κ1) is 13.2. The molecule has 1 aromatic carbocycles. The molecule has 0 radical (unpaired) electrons. The highest BCUT2D eigenvalue weighted by Gasteiger charge is 2.20. The summed E-state index contributed by atoms with van der Waals surface area (Å²) in [5.41, 5.74) is 3.25. The lowest BCUT2D eigenvalue weighted by Crippen LogP contribution is -2.15.